The molecule has 0 aliphatic carbocycles. The third kappa shape index (κ3) is 15.0. The molecule has 8 bridgehead atoms. The number of aliphatic hydroxyl groups is 1. The van der Waals surface area contributed by atoms with Gasteiger partial charge in [0.2, 0.25) is 17.7 Å². The number of rotatable bonds is 24. The van der Waals surface area contributed by atoms with Crippen LogP contribution in [0.4, 0.5) is 0 Å². The third-order valence-electron chi connectivity index (χ3n) is 20.8. The number of aromatic nitrogens is 2. The van der Waals surface area contributed by atoms with Gasteiger partial charge in [0, 0.05) is 109 Å². The number of aliphatic hydroxyl groups excluding tert-OH is 1. The summed E-state index contributed by atoms with van der Waals surface area (Å²) in [5, 5.41) is 19.9. The fourth-order valence-corrected chi connectivity index (χ4v) is 16.5. The number of imidazole rings is 1. The zero-order chi connectivity index (χ0) is 63.6. The average Bonchev–Trinajstić information content (AvgIpc) is 1.53. The van der Waals surface area contributed by atoms with Gasteiger partial charge in [0.15, 0.2) is 6.23 Å². The first-order valence-electron chi connectivity index (χ1n) is 30.5. The Morgan fingerprint density at radius 2 is 1.53 bits per heavy atom. The minimum Gasteiger partial charge on any atom is -0.756 e. The van der Waals surface area contributed by atoms with E-state index in [0.717, 1.165) is 46.6 Å². The van der Waals surface area contributed by atoms with E-state index < -0.39 is 119 Å². The maximum atomic E-state index is 14.3. The number of benzene rings is 1. The summed E-state index contributed by atoms with van der Waals surface area (Å²) in [6.45, 7) is 27.2. The molecule has 15 atom stereocenters. The van der Waals surface area contributed by atoms with Gasteiger partial charge in [-0.05, 0) is 139 Å². The van der Waals surface area contributed by atoms with Crippen molar-refractivity contribution >= 4 is 65.5 Å². The van der Waals surface area contributed by atoms with E-state index in [-0.39, 0.29) is 167 Å². The molecule has 6 aliphatic heterocycles. The molecule has 493 valence electrons. The van der Waals surface area contributed by atoms with Gasteiger partial charge in [-0.25, -0.2) is 4.98 Å². The van der Waals surface area contributed by atoms with E-state index in [9.17, 15) is 38.5 Å². The molecule has 1 aromatic heterocycles. The van der Waals surface area contributed by atoms with E-state index in [1.54, 1.807) is 11.5 Å². The molecule has 90 heavy (non-hydrogen) atoms. The molecular formula is C64H93CoN11O11PRbRe-. The first kappa shape index (κ1) is 79.5. The summed E-state index contributed by atoms with van der Waals surface area (Å²) in [7, 11) is -5.17. The van der Waals surface area contributed by atoms with Gasteiger partial charge >= 0.3 is 75.0 Å². The van der Waals surface area contributed by atoms with Crippen molar-refractivity contribution in [2.75, 3.05) is 6.54 Å². The number of phosphoric acid groups is 1. The van der Waals surface area contributed by atoms with Crippen LogP contribution in [-0.2, 0) is 79.5 Å². The zero-order valence-corrected chi connectivity index (χ0v) is 64.9. The van der Waals surface area contributed by atoms with Crippen LogP contribution in [0.25, 0.3) is 27.8 Å². The Morgan fingerprint density at radius 3 is 2.11 bits per heavy atom. The minimum atomic E-state index is -5.17. The topological polar surface area (TPSA) is 354 Å². The van der Waals surface area contributed by atoms with Crippen LogP contribution < -0.4 is 79.9 Å². The Kier molecular flexibility index (Phi) is 26.9. The molecule has 7 heterocycles. The molecule has 0 spiro atoms. The van der Waals surface area contributed by atoms with E-state index >= 15 is 0 Å². The van der Waals surface area contributed by atoms with Crippen LogP contribution in [0, 0.1) is 66.6 Å². The van der Waals surface area contributed by atoms with Gasteiger partial charge in [-0.2, -0.15) is 11.4 Å². The number of hydrogen-bond acceptors (Lipinski definition) is 15. The first-order valence-corrected chi connectivity index (χ1v) is 32.0. The van der Waals surface area contributed by atoms with Crippen molar-refractivity contribution < 1.29 is 148 Å². The Labute approximate surface area is 604 Å². The molecule has 5 amide bonds. The predicted molar refractivity (Wildman–Crippen MR) is 334 cm³/mol. The third-order valence-corrected chi connectivity index (χ3v) is 21.9. The number of aliphatic imine (C=N–C) groups is 3. The monoisotopic (exact) mass is 1550 g/mol. The number of amides is 5. The molecule has 4 unspecified atom stereocenters. The van der Waals surface area contributed by atoms with Crippen molar-refractivity contribution in [3.8, 4) is 0 Å². The average molecular weight is 1550 g/mol. The second-order valence-corrected chi connectivity index (χ2v) is 27.9. The van der Waals surface area contributed by atoms with Crippen molar-refractivity contribution in [1.29, 1.82) is 0 Å². The molecule has 26 heteroatoms. The maximum Gasteiger partial charge on any atom is 3.00 e. The van der Waals surface area contributed by atoms with Crippen molar-refractivity contribution in [2.24, 2.45) is 71.8 Å². The molecule has 2 saturated heterocycles. The number of allylic oxidation sites excluding steroid dienone is 6. The first-order chi connectivity index (χ1) is 40.1. The van der Waals surface area contributed by atoms with Gasteiger partial charge in [-0.15, -0.1) is 0 Å². The van der Waals surface area contributed by atoms with Crippen LogP contribution in [-0.4, -0.2) is 104 Å². The number of nitrogens with two attached hydrogens (primary N) is 2. The molecule has 1 radical (unpaired) electrons. The molecule has 2 fully saturated rings. The molecule has 8 N–H and O–H groups in total. The summed E-state index contributed by atoms with van der Waals surface area (Å²) in [5.41, 5.74) is 32.6. The molecule has 22 nitrogen and oxygen atoms in total. The Hall–Kier alpha value is -2.93. The maximum absolute atomic E-state index is 14.3. The van der Waals surface area contributed by atoms with Crippen molar-refractivity contribution in [3.63, 3.8) is 0 Å². The van der Waals surface area contributed by atoms with Gasteiger partial charge in [0.05, 0.1) is 46.8 Å². The Balaban J connectivity index is 0.00000432. The SMILES string of the molecule is CCC[C@@H]1C2=NC(=C(C)C3=N[C@@](C)([C@@H]4N=C(C(C)=C5[N-]C(=C2)C(C)(C)[C@@H]5CCC([NH-])=O)[C@](C)(CCC(=O)NC[C@@H](C)OP(=O)([O-])OC2C(O)C(n5cnc6cc(C)c(C)cc65)O[C@@H]2CC)[C@H]4CC(N)=O)[C@@](C)(CC(N)=O)[C@@H]3CCC([NH-])=O)[C@@]1(C)CC.[CH3-].[Co+3].[Rb+].[Re]. The predicted octanol–water partition coefficient (Wildman–Crippen LogP) is 7.44. The number of carbonyl (C=O) groups is 5. The number of ether oxygens (including phenoxy) is 1. The number of primary amides is 2. The van der Waals surface area contributed by atoms with Crippen molar-refractivity contribution in [1.82, 2.24) is 14.9 Å². The van der Waals surface area contributed by atoms with E-state index in [0.29, 0.717) is 46.6 Å². The second-order valence-electron chi connectivity index (χ2n) is 26.6. The normalized spacial score (nSPS) is 31.6. The summed E-state index contributed by atoms with van der Waals surface area (Å²) in [4.78, 5) is 102. The summed E-state index contributed by atoms with van der Waals surface area (Å²) in [6.07, 6.45) is 0.210. The smallest absolute Gasteiger partial charge is 0.756 e. The number of carbonyl (C=O) groups excluding carboxylic acids is 5. The van der Waals surface area contributed by atoms with Crippen LogP contribution in [0.15, 0.2) is 67.8 Å². The number of fused-ring (bicyclic) bond motifs is 7. The molecule has 8 rings (SSSR count). The Morgan fingerprint density at radius 1 is 0.911 bits per heavy atom. The van der Waals surface area contributed by atoms with Crippen LogP contribution in [0.1, 0.15) is 177 Å². The summed E-state index contributed by atoms with van der Waals surface area (Å²) < 4.78 is 32.6. The molecule has 2 aromatic rings. The molecular weight excluding hydrogens is 1460 g/mol. The van der Waals surface area contributed by atoms with E-state index in [4.69, 9.17) is 57.0 Å². The van der Waals surface area contributed by atoms with E-state index in [1.807, 2.05) is 60.6 Å². The molecule has 1 aromatic carbocycles. The molecule has 0 saturated carbocycles. The summed E-state index contributed by atoms with van der Waals surface area (Å²) >= 11 is 0. The zero-order valence-electron chi connectivity index (χ0n) is 55.3. The molecule has 6 aliphatic rings. The van der Waals surface area contributed by atoms with Crippen LogP contribution in [0.5, 0.6) is 0 Å². The number of hydrogen-bond donors (Lipinski definition) is 4. The van der Waals surface area contributed by atoms with Crippen LogP contribution >= 0.6 is 7.82 Å². The van der Waals surface area contributed by atoms with E-state index in [2.05, 4.69) is 51.0 Å². The number of phosphoric ester groups is 1. The summed E-state index contributed by atoms with van der Waals surface area (Å²) in [6, 6.07) is 2.92. The minimum absolute atomic E-state index is 0. The number of nitrogens with one attached hydrogen (secondary N) is 3. The van der Waals surface area contributed by atoms with E-state index in [1.165, 1.54) is 13.3 Å². The van der Waals surface area contributed by atoms with Crippen molar-refractivity contribution in [3.05, 3.63) is 88.1 Å². The van der Waals surface area contributed by atoms with Gasteiger partial charge in [-0.1, -0.05) is 67.9 Å². The number of aryl methyl sites for hydroxylation is 2. The van der Waals surface area contributed by atoms with Crippen LogP contribution in [0.3, 0.4) is 0 Å². The van der Waals surface area contributed by atoms with Gasteiger partial charge in [-0.3, -0.25) is 33.9 Å². The van der Waals surface area contributed by atoms with Gasteiger partial charge in [0.1, 0.15) is 12.2 Å². The fourth-order valence-electron chi connectivity index (χ4n) is 15.3. The fraction of sp³-hybridized carbons (Fsp3) is 0.656. The standard InChI is InChI=1S/C63H94N11O11P.CH3.Co.Rb.Re/c1-15-18-37-41-28-45-59(9,10)38(19-21-46(64)75)51(71-45)35(7)56-61(12,24-23-50(79)68-30-34(6)84-86(81,82)85-54-44(16-2)83-58(53(54)80)74-31-69-42-25-32(4)33(5)26-43(42)74)40(27-48(66)77)57(72-56)63(14)62(13,29-49(67)78)39(20-22-47(65)76)52(73-63)36(8)55(70-41)60(37,11)17-3;;;;/h25-26,28,31,34,37-40,44,53-54,57-58,80H,15-24,27,29-30H2,1-14H3,(H11,64,65,66,67,68,70,71,72,73,75,76,77,78,79,81,82);1H3;;;/q;-1;+3;+1;/p-4/t34-,37-,38-,39-,40+,44-,53?,54?,57-,58?,60+,61-,62+,63+;;;;/m1..../s1. The van der Waals surface area contributed by atoms with Crippen LogP contribution in [0.2, 0.25) is 0 Å². The quantitative estimate of drug-likeness (QED) is 0.0588. The second kappa shape index (κ2) is 30.4. The Bertz CT molecular complexity index is 3330. The number of nitrogens with zero attached hydrogens (tertiary/aromatic N) is 6. The van der Waals surface area contributed by atoms with Gasteiger partial charge in [0.25, 0.3) is 7.82 Å². The largest absolute Gasteiger partial charge is 3.00 e. The van der Waals surface area contributed by atoms with Crippen molar-refractivity contribution in [2.45, 2.75) is 216 Å². The van der Waals surface area contributed by atoms with Gasteiger partial charge < -0.3 is 78.9 Å². The summed E-state index contributed by atoms with van der Waals surface area (Å²) in [5.74, 6) is -5.18.